The van der Waals surface area contributed by atoms with Crippen molar-refractivity contribution in [3.63, 3.8) is 0 Å². The van der Waals surface area contributed by atoms with E-state index < -0.39 is 0 Å². The molecule has 0 aliphatic rings. The van der Waals surface area contributed by atoms with E-state index in [0.717, 1.165) is 11.3 Å². The van der Waals surface area contributed by atoms with E-state index in [4.69, 9.17) is 4.42 Å². The van der Waals surface area contributed by atoms with Gasteiger partial charge in [0.15, 0.2) is 0 Å². The molecule has 1 aromatic heterocycles. The first-order valence-electron chi connectivity index (χ1n) is 5.31. The summed E-state index contributed by atoms with van der Waals surface area (Å²) in [5.41, 5.74) is 2.32. The van der Waals surface area contributed by atoms with Gasteiger partial charge in [0.25, 0.3) is 0 Å². The van der Waals surface area contributed by atoms with Gasteiger partial charge in [-0.2, -0.15) is 0 Å². The van der Waals surface area contributed by atoms with Gasteiger partial charge in [0.05, 0.1) is 10.8 Å². The lowest BCUT2D eigenvalue weighted by Gasteiger charge is -2.09. The summed E-state index contributed by atoms with van der Waals surface area (Å²) in [6.45, 7) is 8.63. The first-order chi connectivity index (χ1) is 6.98. The van der Waals surface area contributed by atoms with Crippen LogP contribution in [-0.4, -0.2) is 0 Å². The van der Waals surface area contributed by atoms with Crippen LogP contribution in [-0.2, 0) is 5.41 Å². The van der Waals surface area contributed by atoms with Crippen LogP contribution < -0.4 is 0 Å². The van der Waals surface area contributed by atoms with Gasteiger partial charge in [-0.3, -0.25) is 0 Å². The second kappa shape index (κ2) is 3.34. The molecule has 78 valence electrons. The Morgan fingerprint density at radius 2 is 1.73 bits per heavy atom. The first kappa shape index (κ1) is 10.2. The van der Waals surface area contributed by atoms with Crippen LogP contribution in [0.4, 0.5) is 0 Å². The molecule has 0 spiro atoms. The standard InChI is InChI=1S/C14H17O/c1-10-9-13(14(2,3)4)15-12-8-6-5-7-11(10)12/h5-9H,1-4H3/q+1. The molecule has 0 amide bonds. The van der Waals surface area contributed by atoms with Crippen molar-refractivity contribution in [2.75, 3.05) is 0 Å². The van der Waals surface area contributed by atoms with Gasteiger partial charge in [-0.15, -0.1) is 0 Å². The quantitative estimate of drug-likeness (QED) is 0.578. The van der Waals surface area contributed by atoms with Gasteiger partial charge < -0.3 is 0 Å². The molecular formula is C14H17O+. The molecule has 1 heteroatoms. The second-order valence-electron chi connectivity index (χ2n) is 5.04. The maximum Gasteiger partial charge on any atom is 0.360 e. The molecule has 0 fully saturated rings. The maximum absolute atomic E-state index is 5.91. The van der Waals surface area contributed by atoms with Gasteiger partial charge in [0.2, 0.25) is 0 Å². The Morgan fingerprint density at radius 3 is 2.40 bits per heavy atom. The fraction of sp³-hybridized carbons (Fsp3) is 0.357. The molecule has 0 aliphatic heterocycles. The van der Waals surface area contributed by atoms with Crippen molar-refractivity contribution >= 4 is 11.0 Å². The summed E-state index contributed by atoms with van der Waals surface area (Å²) in [6, 6.07) is 10.3. The fourth-order valence-electron chi connectivity index (χ4n) is 1.67. The number of benzene rings is 1. The molecule has 1 heterocycles. The van der Waals surface area contributed by atoms with Crippen LogP contribution in [0.5, 0.6) is 0 Å². The minimum atomic E-state index is 0.0643. The van der Waals surface area contributed by atoms with E-state index in [-0.39, 0.29) is 5.41 Å². The molecule has 0 saturated carbocycles. The summed E-state index contributed by atoms with van der Waals surface area (Å²) in [7, 11) is 0. The Balaban J connectivity index is 2.73. The average Bonchev–Trinajstić information content (AvgIpc) is 2.16. The molecule has 1 aromatic carbocycles. The van der Waals surface area contributed by atoms with Crippen molar-refractivity contribution in [3.05, 3.63) is 41.7 Å². The molecule has 0 radical (unpaired) electrons. The topological polar surface area (TPSA) is 11.3 Å². The Bertz CT molecular complexity index is 492. The zero-order valence-corrected chi connectivity index (χ0v) is 9.79. The van der Waals surface area contributed by atoms with Crippen molar-refractivity contribution in [1.82, 2.24) is 0 Å². The van der Waals surface area contributed by atoms with Gasteiger partial charge in [-0.1, -0.05) is 12.1 Å². The third kappa shape index (κ3) is 1.87. The van der Waals surface area contributed by atoms with Crippen molar-refractivity contribution in [2.45, 2.75) is 33.1 Å². The van der Waals surface area contributed by atoms with Crippen LogP contribution in [0, 0.1) is 6.92 Å². The highest BCUT2D eigenvalue weighted by Crippen LogP contribution is 2.28. The monoisotopic (exact) mass is 201 g/mol. The summed E-state index contributed by atoms with van der Waals surface area (Å²) < 4.78 is 5.91. The lowest BCUT2D eigenvalue weighted by atomic mass is 9.91. The Kier molecular flexibility index (Phi) is 2.26. The molecule has 0 atom stereocenters. The molecule has 0 saturated heterocycles. The van der Waals surface area contributed by atoms with E-state index in [9.17, 15) is 0 Å². The van der Waals surface area contributed by atoms with Crippen molar-refractivity contribution in [3.8, 4) is 0 Å². The van der Waals surface area contributed by atoms with Crippen molar-refractivity contribution in [2.24, 2.45) is 0 Å². The molecule has 0 aliphatic carbocycles. The second-order valence-corrected chi connectivity index (χ2v) is 5.04. The van der Waals surface area contributed by atoms with Crippen LogP contribution in [0.25, 0.3) is 11.0 Å². The lowest BCUT2D eigenvalue weighted by molar-refractivity contribution is 0.421. The highest BCUT2D eigenvalue weighted by Gasteiger charge is 2.27. The fourth-order valence-corrected chi connectivity index (χ4v) is 1.67. The van der Waals surface area contributed by atoms with E-state index in [2.05, 4.69) is 39.8 Å². The maximum atomic E-state index is 5.91. The number of aryl methyl sites for hydroxylation is 1. The minimum absolute atomic E-state index is 0.0643. The van der Waals surface area contributed by atoms with Gasteiger partial charge in [0, 0.05) is 12.1 Å². The number of para-hydroxylation sites is 1. The summed E-state index contributed by atoms with van der Waals surface area (Å²) in [5, 5.41) is 1.20. The number of fused-ring (bicyclic) bond motifs is 1. The Morgan fingerprint density at radius 1 is 1.07 bits per heavy atom. The Hall–Kier alpha value is -1.37. The summed E-state index contributed by atoms with van der Waals surface area (Å²) in [4.78, 5) is 0. The zero-order chi connectivity index (χ0) is 11.1. The molecule has 0 unspecified atom stereocenters. The summed E-state index contributed by atoms with van der Waals surface area (Å²) in [5.74, 6) is 1.04. The van der Waals surface area contributed by atoms with Crippen LogP contribution in [0.3, 0.4) is 0 Å². The lowest BCUT2D eigenvalue weighted by Crippen LogP contribution is -2.11. The predicted molar refractivity (Wildman–Crippen MR) is 64.1 cm³/mol. The number of hydrogen-bond donors (Lipinski definition) is 0. The Labute approximate surface area is 90.7 Å². The van der Waals surface area contributed by atoms with Gasteiger partial charge in [0.1, 0.15) is 0 Å². The molecule has 2 aromatic rings. The van der Waals surface area contributed by atoms with Crippen LogP contribution in [0.15, 0.2) is 34.7 Å². The zero-order valence-electron chi connectivity index (χ0n) is 9.79. The summed E-state index contributed by atoms with van der Waals surface area (Å²) >= 11 is 0. The molecule has 0 N–H and O–H groups in total. The largest absolute Gasteiger partial charge is 0.360 e. The van der Waals surface area contributed by atoms with E-state index >= 15 is 0 Å². The van der Waals surface area contributed by atoms with Crippen LogP contribution in [0.2, 0.25) is 0 Å². The minimum Gasteiger partial charge on any atom is -0.212 e. The highest BCUT2D eigenvalue weighted by molar-refractivity contribution is 5.80. The third-order valence-electron chi connectivity index (χ3n) is 2.62. The smallest absolute Gasteiger partial charge is 0.212 e. The normalized spacial score (nSPS) is 12.0. The highest BCUT2D eigenvalue weighted by atomic mass is 16.3. The van der Waals surface area contributed by atoms with Gasteiger partial charge in [-0.05, 0) is 39.3 Å². The van der Waals surface area contributed by atoms with Crippen LogP contribution >= 0.6 is 0 Å². The summed E-state index contributed by atoms with van der Waals surface area (Å²) in [6.07, 6.45) is 0. The van der Waals surface area contributed by atoms with E-state index in [1.807, 2.05) is 18.2 Å². The van der Waals surface area contributed by atoms with E-state index in [1.54, 1.807) is 0 Å². The first-order valence-corrected chi connectivity index (χ1v) is 5.31. The molecule has 15 heavy (non-hydrogen) atoms. The predicted octanol–water partition coefficient (Wildman–Crippen LogP) is 4.32. The SMILES string of the molecule is Cc1cc(C(C)(C)C)[o+]c2ccccc12. The molecule has 1 nitrogen and oxygen atoms in total. The average molecular weight is 201 g/mol. The number of rotatable bonds is 0. The van der Waals surface area contributed by atoms with Gasteiger partial charge >= 0.3 is 11.3 Å². The van der Waals surface area contributed by atoms with E-state index in [0.29, 0.717) is 0 Å². The van der Waals surface area contributed by atoms with Crippen LogP contribution in [0.1, 0.15) is 32.1 Å². The molecule has 0 bridgehead atoms. The van der Waals surface area contributed by atoms with Crippen molar-refractivity contribution in [1.29, 1.82) is 0 Å². The van der Waals surface area contributed by atoms with Gasteiger partial charge in [-0.25, -0.2) is 4.42 Å². The molecule has 2 rings (SSSR count). The number of hydrogen-bond acceptors (Lipinski definition) is 0. The molecular weight excluding hydrogens is 184 g/mol. The van der Waals surface area contributed by atoms with Crippen molar-refractivity contribution < 1.29 is 4.42 Å². The third-order valence-corrected chi connectivity index (χ3v) is 2.62. The van der Waals surface area contributed by atoms with E-state index in [1.165, 1.54) is 10.9 Å².